The maximum Gasteiger partial charge on any atom is 0.221 e. The summed E-state index contributed by atoms with van der Waals surface area (Å²) < 4.78 is 13.2. The van der Waals surface area contributed by atoms with E-state index in [1.165, 1.54) is 5.56 Å². The van der Waals surface area contributed by atoms with Crippen LogP contribution in [0.2, 0.25) is 5.02 Å². The minimum Gasteiger partial charge on any atom is -0.307 e. The zero-order valence-corrected chi connectivity index (χ0v) is 11.6. The van der Waals surface area contributed by atoms with Crippen molar-refractivity contribution < 1.29 is 4.21 Å². The molecule has 1 aromatic carbocycles. The van der Waals surface area contributed by atoms with Crippen LogP contribution in [0.4, 0.5) is 0 Å². The lowest BCUT2D eigenvalue weighted by atomic mass is 10.1. The SMILES string of the molecule is C[S@@](=O)c1nncn1CCCc1ccc(Cl)cc1. The van der Waals surface area contributed by atoms with Gasteiger partial charge in [-0.05, 0) is 30.5 Å². The van der Waals surface area contributed by atoms with Crippen molar-refractivity contribution in [3.63, 3.8) is 0 Å². The van der Waals surface area contributed by atoms with Crippen molar-refractivity contribution >= 4 is 22.4 Å². The van der Waals surface area contributed by atoms with E-state index >= 15 is 0 Å². The summed E-state index contributed by atoms with van der Waals surface area (Å²) in [5.41, 5.74) is 1.24. The Morgan fingerprint density at radius 2 is 2.06 bits per heavy atom. The van der Waals surface area contributed by atoms with Gasteiger partial charge in [-0.3, -0.25) is 4.21 Å². The summed E-state index contributed by atoms with van der Waals surface area (Å²) in [7, 11) is -1.09. The van der Waals surface area contributed by atoms with Crippen molar-refractivity contribution in [2.45, 2.75) is 24.5 Å². The quantitative estimate of drug-likeness (QED) is 0.846. The van der Waals surface area contributed by atoms with Crippen LogP contribution in [0.1, 0.15) is 12.0 Å². The highest BCUT2D eigenvalue weighted by atomic mass is 35.5. The molecule has 0 aliphatic carbocycles. The second kappa shape index (κ2) is 6.11. The molecule has 0 fully saturated rings. The molecule has 0 bridgehead atoms. The highest BCUT2D eigenvalue weighted by Gasteiger charge is 2.07. The fourth-order valence-electron chi connectivity index (χ4n) is 1.72. The minimum absolute atomic E-state index is 0.533. The Morgan fingerprint density at radius 1 is 1.33 bits per heavy atom. The Morgan fingerprint density at radius 3 is 2.72 bits per heavy atom. The van der Waals surface area contributed by atoms with Crippen molar-refractivity contribution in [3.05, 3.63) is 41.2 Å². The van der Waals surface area contributed by atoms with Crippen LogP contribution in [0.25, 0.3) is 0 Å². The Kier molecular flexibility index (Phi) is 4.49. The number of hydrogen-bond donors (Lipinski definition) is 0. The monoisotopic (exact) mass is 283 g/mol. The average molecular weight is 284 g/mol. The van der Waals surface area contributed by atoms with Gasteiger partial charge in [0.2, 0.25) is 5.16 Å². The molecule has 0 aliphatic rings. The largest absolute Gasteiger partial charge is 0.307 e. The number of aryl methyl sites for hydroxylation is 2. The predicted molar refractivity (Wildman–Crippen MR) is 72.1 cm³/mol. The summed E-state index contributed by atoms with van der Waals surface area (Å²) in [6.07, 6.45) is 5.13. The molecule has 0 saturated carbocycles. The maximum atomic E-state index is 11.4. The molecule has 2 aromatic rings. The molecule has 0 aliphatic heterocycles. The van der Waals surface area contributed by atoms with E-state index in [0.717, 1.165) is 24.4 Å². The van der Waals surface area contributed by atoms with Gasteiger partial charge >= 0.3 is 0 Å². The first kappa shape index (κ1) is 13.2. The number of nitrogens with zero attached hydrogens (tertiary/aromatic N) is 3. The molecule has 0 N–H and O–H groups in total. The highest BCUT2D eigenvalue weighted by molar-refractivity contribution is 7.84. The molecule has 1 atom stereocenters. The van der Waals surface area contributed by atoms with E-state index in [-0.39, 0.29) is 0 Å². The summed E-state index contributed by atoms with van der Waals surface area (Å²) in [6, 6.07) is 7.82. The van der Waals surface area contributed by atoms with Crippen molar-refractivity contribution in [1.82, 2.24) is 14.8 Å². The molecule has 1 aromatic heterocycles. The minimum atomic E-state index is -1.09. The number of aromatic nitrogens is 3. The van der Waals surface area contributed by atoms with Crippen LogP contribution in [0.3, 0.4) is 0 Å². The van der Waals surface area contributed by atoms with E-state index in [0.29, 0.717) is 5.16 Å². The van der Waals surface area contributed by atoms with E-state index < -0.39 is 10.8 Å². The summed E-state index contributed by atoms with van der Waals surface area (Å²) in [5, 5.41) is 8.92. The summed E-state index contributed by atoms with van der Waals surface area (Å²) >= 11 is 5.83. The van der Waals surface area contributed by atoms with Gasteiger partial charge in [0.05, 0.1) is 10.8 Å². The van der Waals surface area contributed by atoms with Gasteiger partial charge in [0.25, 0.3) is 0 Å². The first-order valence-corrected chi connectivity index (χ1v) is 7.56. The van der Waals surface area contributed by atoms with Crippen LogP contribution in [0.15, 0.2) is 35.7 Å². The second-order valence-corrected chi connectivity index (χ2v) is 5.70. The van der Waals surface area contributed by atoms with Gasteiger partial charge in [0.15, 0.2) is 0 Å². The number of hydrogen-bond acceptors (Lipinski definition) is 3. The molecule has 0 saturated heterocycles. The zero-order chi connectivity index (χ0) is 13.0. The van der Waals surface area contributed by atoms with E-state index in [1.54, 1.807) is 12.6 Å². The Balaban J connectivity index is 1.90. The van der Waals surface area contributed by atoms with Crippen LogP contribution in [-0.2, 0) is 23.8 Å². The molecule has 0 unspecified atom stereocenters. The van der Waals surface area contributed by atoms with Crippen molar-refractivity contribution in [1.29, 1.82) is 0 Å². The first-order valence-electron chi connectivity index (χ1n) is 5.62. The van der Waals surface area contributed by atoms with Gasteiger partial charge in [-0.15, -0.1) is 10.2 Å². The maximum absolute atomic E-state index is 11.4. The van der Waals surface area contributed by atoms with Crippen LogP contribution >= 0.6 is 11.6 Å². The third-order valence-corrected chi connectivity index (χ3v) is 3.70. The Bertz CT molecular complexity index is 539. The van der Waals surface area contributed by atoms with Gasteiger partial charge in [0, 0.05) is 17.8 Å². The molecule has 18 heavy (non-hydrogen) atoms. The summed E-state index contributed by atoms with van der Waals surface area (Å²) in [5.74, 6) is 0. The van der Waals surface area contributed by atoms with Gasteiger partial charge < -0.3 is 4.57 Å². The number of halogens is 1. The molecule has 0 radical (unpaired) electrons. The topological polar surface area (TPSA) is 47.8 Å². The van der Waals surface area contributed by atoms with E-state index in [4.69, 9.17) is 11.6 Å². The standard InChI is InChI=1S/C12H14ClN3OS/c1-18(17)12-15-14-9-16(12)8-2-3-10-4-6-11(13)7-5-10/h4-7,9H,2-3,8H2,1H3/t18-/m1/s1. The fraction of sp³-hybridized carbons (Fsp3) is 0.333. The molecule has 0 amide bonds. The van der Waals surface area contributed by atoms with Gasteiger partial charge in [-0.1, -0.05) is 23.7 Å². The van der Waals surface area contributed by atoms with Crippen molar-refractivity contribution in [2.75, 3.05) is 6.26 Å². The van der Waals surface area contributed by atoms with Crippen LogP contribution in [0, 0.1) is 0 Å². The predicted octanol–water partition coefficient (Wildman–Crippen LogP) is 2.30. The molecule has 6 heteroatoms. The normalized spacial score (nSPS) is 12.6. The van der Waals surface area contributed by atoms with Crippen LogP contribution in [0.5, 0.6) is 0 Å². The van der Waals surface area contributed by atoms with Crippen LogP contribution < -0.4 is 0 Å². The smallest absolute Gasteiger partial charge is 0.221 e. The average Bonchev–Trinajstić information content (AvgIpc) is 2.80. The van der Waals surface area contributed by atoms with Gasteiger partial charge in [-0.25, -0.2) is 0 Å². The molecule has 0 spiro atoms. The number of rotatable bonds is 5. The molecular weight excluding hydrogens is 270 g/mol. The molecule has 1 heterocycles. The van der Waals surface area contributed by atoms with Crippen molar-refractivity contribution in [3.8, 4) is 0 Å². The summed E-state index contributed by atoms with van der Waals surface area (Å²) in [6.45, 7) is 0.768. The lowest BCUT2D eigenvalue weighted by molar-refractivity contribution is 0.584. The molecular formula is C12H14ClN3OS. The van der Waals surface area contributed by atoms with E-state index in [9.17, 15) is 4.21 Å². The summed E-state index contributed by atoms with van der Waals surface area (Å²) in [4.78, 5) is 0. The first-order chi connectivity index (χ1) is 8.66. The van der Waals surface area contributed by atoms with Crippen molar-refractivity contribution in [2.24, 2.45) is 0 Å². The van der Waals surface area contributed by atoms with Gasteiger partial charge in [0.1, 0.15) is 6.33 Å². The highest BCUT2D eigenvalue weighted by Crippen LogP contribution is 2.11. The second-order valence-electron chi connectivity index (χ2n) is 3.99. The molecule has 2 rings (SSSR count). The number of benzene rings is 1. The molecule has 4 nitrogen and oxygen atoms in total. The third kappa shape index (κ3) is 3.40. The lowest BCUT2D eigenvalue weighted by Crippen LogP contribution is -2.05. The third-order valence-electron chi connectivity index (χ3n) is 2.61. The van der Waals surface area contributed by atoms with E-state index in [1.807, 2.05) is 28.8 Å². The Hall–Kier alpha value is -1.20. The van der Waals surface area contributed by atoms with Crippen LogP contribution in [-0.4, -0.2) is 25.2 Å². The molecule has 96 valence electrons. The zero-order valence-electron chi connectivity index (χ0n) is 10.0. The van der Waals surface area contributed by atoms with E-state index in [2.05, 4.69) is 10.2 Å². The van der Waals surface area contributed by atoms with Gasteiger partial charge in [-0.2, -0.15) is 0 Å². The fourth-order valence-corrected chi connectivity index (χ4v) is 2.48. The Labute approximate surface area is 113 Å². The lowest BCUT2D eigenvalue weighted by Gasteiger charge is -2.05.